The quantitative estimate of drug-likeness (QED) is 0.430. The van der Waals surface area contributed by atoms with Crippen molar-refractivity contribution in [2.75, 3.05) is 19.8 Å². The van der Waals surface area contributed by atoms with Crippen LogP contribution in [0.25, 0.3) is 0 Å². The fraction of sp³-hybridized carbons (Fsp3) is 1.00. The molecule has 0 aliphatic carbocycles. The van der Waals surface area contributed by atoms with Crippen LogP contribution in [-0.2, 0) is 4.74 Å². The summed E-state index contributed by atoms with van der Waals surface area (Å²) < 4.78 is 4.69. The maximum atomic E-state index is 8.37. The highest BCUT2D eigenvalue weighted by atomic mass is 16.6. The van der Waals surface area contributed by atoms with Gasteiger partial charge < -0.3 is 14.9 Å². The molecule has 1 heterocycles. The zero-order valence-electron chi connectivity index (χ0n) is 3.92. The number of hydrogen-bond acceptors (Lipinski definition) is 3. The number of epoxide rings is 1. The number of hydrogen-bond donors (Lipinski definition) is 2. The lowest BCUT2D eigenvalue weighted by Crippen LogP contribution is -2.21. The molecular formula is C4H8O3. The Kier molecular flexibility index (Phi) is 1.03. The Morgan fingerprint density at radius 1 is 1.43 bits per heavy atom. The molecule has 1 aliphatic heterocycles. The predicted molar refractivity (Wildman–Crippen MR) is 22.9 cm³/mol. The SMILES string of the molecule is OCC1(CO)CO1. The Morgan fingerprint density at radius 3 is 1.86 bits per heavy atom. The molecule has 0 bridgehead atoms. The summed E-state index contributed by atoms with van der Waals surface area (Å²) in [5.41, 5.74) is -0.556. The van der Waals surface area contributed by atoms with Gasteiger partial charge in [0.2, 0.25) is 0 Å². The maximum Gasteiger partial charge on any atom is 0.137 e. The number of ether oxygens (including phenoxy) is 1. The van der Waals surface area contributed by atoms with E-state index in [0.29, 0.717) is 6.61 Å². The molecule has 1 aliphatic rings. The average Bonchev–Trinajstić information content (AvgIpc) is 2.46. The van der Waals surface area contributed by atoms with Gasteiger partial charge in [0.15, 0.2) is 0 Å². The van der Waals surface area contributed by atoms with E-state index >= 15 is 0 Å². The zero-order valence-corrected chi connectivity index (χ0v) is 3.92. The van der Waals surface area contributed by atoms with Gasteiger partial charge in [0, 0.05) is 0 Å². The fourth-order valence-corrected chi connectivity index (χ4v) is 0.335. The van der Waals surface area contributed by atoms with Gasteiger partial charge >= 0.3 is 0 Å². The highest BCUT2D eigenvalue weighted by molar-refractivity contribution is 4.90. The fourth-order valence-electron chi connectivity index (χ4n) is 0.335. The van der Waals surface area contributed by atoms with E-state index in [9.17, 15) is 0 Å². The number of aliphatic hydroxyl groups excluding tert-OH is 2. The van der Waals surface area contributed by atoms with E-state index in [2.05, 4.69) is 0 Å². The van der Waals surface area contributed by atoms with E-state index < -0.39 is 5.60 Å². The minimum atomic E-state index is -0.556. The third kappa shape index (κ3) is 0.748. The lowest BCUT2D eigenvalue weighted by molar-refractivity contribution is 0.108. The molecule has 1 fully saturated rings. The summed E-state index contributed by atoms with van der Waals surface area (Å²) in [5, 5.41) is 16.7. The van der Waals surface area contributed by atoms with E-state index in [1.807, 2.05) is 0 Å². The minimum absolute atomic E-state index is 0.0660. The molecule has 1 rings (SSSR count). The van der Waals surface area contributed by atoms with Crippen molar-refractivity contribution in [1.82, 2.24) is 0 Å². The van der Waals surface area contributed by atoms with Gasteiger partial charge in [-0.25, -0.2) is 0 Å². The second-order valence-corrected chi connectivity index (χ2v) is 1.79. The van der Waals surface area contributed by atoms with Gasteiger partial charge in [0.05, 0.1) is 19.8 Å². The van der Waals surface area contributed by atoms with Crippen LogP contribution in [0.2, 0.25) is 0 Å². The van der Waals surface area contributed by atoms with Crippen molar-refractivity contribution in [2.45, 2.75) is 5.60 Å². The zero-order chi connectivity index (χ0) is 5.33. The number of rotatable bonds is 2. The summed E-state index contributed by atoms with van der Waals surface area (Å²) in [5.74, 6) is 0. The molecule has 0 saturated carbocycles. The van der Waals surface area contributed by atoms with E-state index in [4.69, 9.17) is 14.9 Å². The first kappa shape index (κ1) is 5.03. The second kappa shape index (κ2) is 1.43. The molecule has 0 spiro atoms. The maximum absolute atomic E-state index is 8.37. The standard InChI is InChI=1S/C4H8O3/c5-1-4(2-6)3-7-4/h5-6H,1-3H2. The van der Waals surface area contributed by atoms with Crippen molar-refractivity contribution in [1.29, 1.82) is 0 Å². The molecule has 0 aromatic carbocycles. The summed E-state index contributed by atoms with van der Waals surface area (Å²) in [6.45, 7) is 0.368. The van der Waals surface area contributed by atoms with E-state index in [-0.39, 0.29) is 13.2 Å². The molecule has 3 nitrogen and oxygen atoms in total. The Labute approximate surface area is 41.5 Å². The normalized spacial score (nSPS) is 24.9. The lowest BCUT2D eigenvalue weighted by Gasteiger charge is -1.98. The smallest absolute Gasteiger partial charge is 0.137 e. The Hall–Kier alpha value is -0.120. The average molecular weight is 104 g/mol. The van der Waals surface area contributed by atoms with Gasteiger partial charge in [0.25, 0.3) is 0 Å². The summed E-state index contributed by atoms with van der Waals surface area (Å²) in [6.07, 6.45) is 0. The van der Waals surface area contributed by atoms with Gasteiger partial charge in [0.1, 0.15) is 5.60 Å². The summed E-state index contributed by atoms with van der Waals surface area (Å²) in [4.78, 5) is 0. The van der Waals surface area contributed by atoms with Crippen molar-refractivity contribution in [3.63, 3.8) is 0 Å². The third-order valence-electron chi connectivity index (χ3n) is 1.13. The topological polar surface area (TPSA) is 53.0 Å². The molecule has 0 amide bonds. The molecule has 0 aromatic heterocycles. The first-order chi connectivity index (χ1) is 3.33. The predicted octanol–water partition coefficient (Wildman–Crippen LogP) is -1.26. The summed E-state index contributed by atoms with van der Waals surface area (Å²) in [6, 6.07) is 0. The van der Waals surface area contributed by atoms with Crippen LogP contribution in [0.15, 0.2) is 0 Å². The Balaban J connectivity index is 2.28. The molecule has 0 radical (unpaired) electrons. The third-order valence-corrected chi connectivity index (χ3v) is 1.13. The van der Waals surface area contributed by atoms with Crippen molar-refractivity contribution in [3.8, 4) is 0 Å². The van der Waals surface area contributed by atoms with E-state index in [0.717, 1.165) is 0 Å². The van der Waals surface area contributed by atoms with Gasteiger partial charge in [-0.1, -0.05) is 0 Å². The first-order valence-corrected chi connectivity index (χ1v) is 2.19. The van der Waals surface area contributed by atoms with Crippen LogP contribution in [-0.4, -0.2) is 35.6 Å². The number of aliphatic hydroxyl groups is 2. The van der Waals surface area contributed by atoms with Crippen LogP contribution in [0.3, 0.4) is 0 Å². The van der Waals surface area contributed by atoms with Crippen LogP contribution in [0.1, 0.15) is 0 Å². The van der Waals surface area contributed by atoms with E-state index in [1.54, 1.807) is 0 Å². The van der Waals surface area contributed by atoms with Gasteiger partial charge in [-0.05, 0) is 0 Å². The highest BCUT2D eigenvalue weighted by Crippen LogP contribution is 2.24. The van der Waals surface area contributed by atoms with Crippen LogP contribution in [0.5, 0.6) is 0 Å². The van der Waals surface area contributed by atoms with E-state index in [1.165, 1.54) is 0 Å². The van der Waals surface area contributed by atoms with Gasteiger partial charge in [-0.15, -0.1) is 0 Å². The van der Waals surface area contributed by atoms with Crippen LogP contribution >= 0.6 is 0 Å². The lowest BCUT2D eigenvalue weighted by atomic mass is 10.2. The van der Waals surface area contributed by atoms with Crippen molar-refractivity contribution in [2.24, 2.45) is 0 Å². The summed E-state index contributed by atoms with van der Waals surface area (Å²) in [7, 11) is 0. The Bertz CT molecular complexity index is 61.3. The first-order valence-electron chi connectivity index (χ1n) is 2.19. The molecule has 7 heavy (non-hydrogen) atoms. The monoisotopic (exact) mass is 104 g/mol. The van der Waals surface area contributed by atoms with Crippen molar-refractivity contribution < 1.29 is 14.9 Å². The minimum Gasteiger partial charge on any atom is -0.393 e. The summed E-state index contributed by atoms with van der Waals surface area (Å²) >= 11 is 0. The Morgan fingerprint density at radius 2 is 1.86 bits per heavy atom. The molecule has 0 unspecified atom stereocenters. The molecular weight excluding hydrogens is 96.0 g/mol. The van der Waals surface area contributed by atoms with Crippen molar-refractivity contribution >= 4 is 0 Å². The van der Waals surface area contributed by atoms with Gasteiger partial charge in [-0.2, -0.15) is 0 Å². The highest BCUT2D eigenvalue weighted by Gasteiger charge is 2.43. The van der Waals surface area contributed by atoms with Crippen molar-refractivity contribution in [3.05, 3.63) is 0 Å². The molecule has 42 valence electrons. The van der Waals surface area contributed by atoms with Crippen LogP contribution < -0.4 is 0 Å². The largest absolute Gasteiger partial charge is 0.393 e. The van der Waals surface area contributed by atoms with Gasteiger partial charge in [-0.3, -0.25) is 0 Å². The molecule has 2 N–H and O–H groups in total. The van der Waals surface area contributed by atoms with Crippen LogP contribution in [0, 0.1) is 0 Å². The molecule has 3 heteroatoms. The van der Waals surface area contributed by atoms with Crippen LogP contribution in [0.4, 0.5) is 0 Å². The second-order valence-electron chi connectivity index (χ2n) is 1.79. The molecule has 1 saturated heterocycles. The molecule has 0 aromatic rings. The molecule has 0 atom stereocenters.